The predicted octanol–water partition coefficient (Wildman–Crippen LogP) is 4.58. The van der Waals surface area contributed by atoms with Crippen molar-refractivity contribution in [2.45, 2.75) is 13.3 Å². The van der Waals surface area contributed by atoms with Crippen molar-refractivity contribution < 1.29 is 0 Å². The number of aryl methyl sites for hydroxylation is 1. The number of aromatic nitrogens is 3. The molecule has 0 amide bonds. The van der Waals surface area contributed by atoms with Gasteiger partial charge in [-0.05, 0) is 42.8 Å². The summed E-state index contributed by atoms with van der Waals surface area (Å²) in [6.45, 7) is 1.91. The number of pyridine rings is 1. The number of halogens is 2. The third-order valence-electron chi connectivity index (χ3n) is 4.23. The molecule has 0 aliphatic rings. The van der Waals surface area contributed by atoms with Gasteiger partial charge in [0.15, 0.2) is 0 Å². The van der Waals surface area contributed by atoms with Gasteiger partial charge in [-0.15, -0.1) is 0 Å². The van der Waals surface area contributed by atoms with Crippen LogP contribution in [0.25, 0.3) is 0 Å². The summed E-state index contributed by atoms with van der Waals surface area (Å²) in [6, 6.07) is 11.1. The van der Waals surface area contributed by atoms with E-state index < -0.39 is 0 Å². The van der Waals surface area contributed by atoms with Gasteiger partial charge in [-0.3, -0.25) is 15.3 Å². The Hall–Kier alpha value is -2.70. The number of nitrogens with one attached hydrogen (secondary N) is 1. The van der Waals surface area contributed by atoms with Gasteiger partial charge in [-0.25, -0.2) is 9.97 Å². The zero-order valence-corrected chi connectivity index (χ0v) is 17.3. The number of rotatable bonds is 4. The van der Waals surface area contributed by atoms with Gasteiger partial charge in [0.25, 0.3) is 0 Å². The van der Waals surface area contributed by atoms with Crippen LogP contribution >= 0.6 is 23.2 Å². The van der Waals surface area contributed by atoms with E-state index in [1.807, 2.05) is 37.4 Å². The lowest BCUT2D eigenvalue weighted by Crippen LogP contribution is -2.40. The Morgan fingerprint density at radius 1 is 1.04 bits per heavy atom. The number of hydrogen-bond acceptors (Lipinski definition) is 4. The van der Waals surface area contributed by atoms with Gasteiger partial charge in [0.1, 0.15) is 0 Å². The van der Waals surface area contributed by atoms with Crippen LogP contribution in [0.1, 0.15) is 17.0 Å². The topological polar surface area (TPSA) is 69.0 Å². The van der Waals surface area contributed by atoms with Crippen LogP contribution in [0, 0.1) is 12.3 Å². The van der Waals surface area contributed by atoms with E-state index in [0.717, 1.165) is 22.6 Å². The van der Waals surface area contributed by atoms with Crippen molar-refractivity contribution in [3.05, 3.63) is 75.8 Å². The van der Waals surface area contributed by atoms with E-state index in [-0.39, 0.29) is 5.96 Å². The first kappa shape index (κ1) is 20.0. The van der Waals surface area contributed by atoms with Crippen molar-refractivity contribution in [1.82, 2.24) is 15.0 Å². The second-order valence-corrected chi connectivity index (χ2v) is 7.19. The minimum atomic E-state index is 0.205. The molecule has 2 aromatic heterocycles. The summed E-state index contributed by atoms with van der Waals surface area (Å²) in [7, 11) is 3.55. The Labute approximate surface area is 174 Å². The molecule has 0 spiro atoms. The molecule has 1 N–H and O–H groups in total. The molecule has 3 aromatic rings. The van der Waals surface area contributed by atoms with Gasteiger partial charge >= 0.3 is 0 Å². The van der Waals surface area contributed by atoms with Crippen molar-refractivity contribution in [2.24, 2.45) is 0 Å². The summed E-state index contributed by atoms with van der Waals surface area (Å²) in [4.78, 5) is 16.6. The van der Waals surface area contributed by atoms with Crippen LogP contribution < -0.4 is 9.80 Å². The van der Waals surface area contributed by atoms with Crippen LogP contribution in [0.5, 0.6) is 0 Å². The quantitative estimate of drug-likeness (QED) is 0.499. The zero-order valence-electron chi connectivity index (χ0n) is 15.8. The number of hydrogen-bond donors (Lipinski definition) is 1. The first-order valence-corrected chi connectivity index (χ1v) is 9.35. The molecule has 0 saturated carbocycles. The standard InChI is InChI=1S/C20H20Cl2N6/c1-13-9-15(10-14-5-4-8-24-12-14)26-20(25-13)28(3)19(23)27(2)16-6-7-17(21)18(22)11-16/h4-9,11-12,23H,10H2,1-3H3. The summed E-state index contributed by atoms with van der Waals surface area (Å²) < 4.78 is 0. The van der Waals surface area contributed by atoms with Gasteiger partial charge < -0.3 is 4.90 Å². The minimum absolute atomic E-state index is 0.205. The fourth-order valence-corrected chi connectivity index (χ4v) is 3.00. The lowest BCUT2D eigenvalue weighted by molar-refractivity contribution is 0.950. The average molecular weight is 415 g/mol. The highest BCUT2D eigenvalue weighted by atomic mass is 35.5. The molecular weight excluding hydrogens is 395 g/mol. The maximum Gasteiger partial charge on any atom is 0.232 e. The molecule has 0 aliphatic heterocycles. The molecule has 3 rings (SSSR count). The molecule has 28 heavy (non-hydrogen) atoms. The monoisotopic (exact) mass is 414 g/mol. The van der Waals surface area contributed by atoms with E-state index in [2.05, 4.69) is 15.0 Å². The molecule has 8 heteroatoms. The molecule has 1 aromatic carbocycles. The Morgan fingerprint density at radius 2 is 1.82 bits per heavy atom. The van der Waals surface area contributed by atoms with Gasteiger partial charge in [0, 0.05) is 44.3 Å². The molecule has 144 valence electrons. The zero-order chi connectivity index (χ0) is 20.3. The fourth-order valence-electron chi connectivity index (χ4n) is 2.70. The third kappa shape index (κ3) is 4.58. The molecule has 0 unspecified atom stereocenters. The number of guanidine groups is 1. The van der Waals surface area contributed by atoms with Crippen LogP contribution in [0.4, 0.5) is 11.6 Å². The second-order valence-electron chi connectivity index (χ2n) is 6.38. The van der Waals surface area contributed by atoms with E-state index in [0.29, 0.717) is 22.4 Å². The van der Waals surface area contributed by atoms with Crippen LogP contribution in [0.2, 0.25) is 10.0 Å². The number of anilines is 2. The smallest absolute Gasteiger partial charge is 0.232 e. The lowest BCUT2D eigenvalue weighted by Gasteiger charge is -2.27. The van der Waals surface area contributed by atoms with Crippen LogP contribution in [0.3, 0.4) is 0 Å². The summed E-state index contributed by atoms with van der Waals surface area (Å²) in [5.74, 6) is 0.659. The normalized spacial score (nSPS) is 10.6. The summed E-state index contributed by atoms with van der Waals surface area (Å²) in [5.41, 5.74) is 3.51. The van der Waals surface area contributed by atoms with Crippen molar-refractivity contribution in [3.8, 4) is 0 Å². The van der Waals surface area contributed by atoms with E-state index in [4.69, 9.17) is 28.6 Å². The largest absolute Gasteiger partial charge is 0.315 e. The number of nitrogens with zero attached hydrogens (tertiary/aromatic N) is 5. The van der Waals surface area contributed by atoms with Crippen molar-refractivity contribution in [3.63, 3.8) is 0 Å². The first-order valence-electron chi connectivity index (χ1n) is 8.59. The summed E-state index contributed by atoms with van der Waals surface area (Å²) >= 11 is 12.1. The van der Waals surface area contributed by atoms with Gasteiger partial charge in [-0.2, -0.15) is 0 Å². The minimum Gasteiger partial charge on any atom is -0.315 e. The number of benzene rings is 1. The Morgan fingerprint density at radius 3 is 2.50 bits per heavy atom. The van der Waals surface area contributed by atoms with Crippen LogP contribution in [-0.4, -0.2) is 35.0 Å². The SMILES string of the molecule is Cc1cc(Cc2cccnc2)nc(N(C)C(=N)N(C)c2ccc(Cl)c(Cl)c2)n1. The molecule has 0 bridgehead atoms. The lowest BCUT2D eigenvalue weighted by atomic mass is 10.1. The first-order chi connectivity index (χ1) is 13.3. The summed E-state index contributed by atoms with van der Waals surface area (Å²) in [6.07, 6.45) is 4.21. The van der Waals surface area contributed by atoms with E-state index in [9.17, 15) is 0 Å². The molecule has 0 radical (unpaired) electrons. The highest BCUT2D eigenvalue weighted by molar-refractivity contribution is 6.42. The third-order valence-corrected chi connectivity index (χ3v) is 4.97. The maximum absolute atomic E-state index is 8.55. The molecule has 2 heterocycles. The van der Waals surface area contributed by atoms with Gasteiger partial charge in [0.2, 0.25) is 11.9 Å². The average Bonchev–Trinajstić information content (AvgIpc) is 2.68. The molecule has 0 saturated heterocycles. The van der Waals surface area contributed by atoms with Crippen LogP contribution in [-0.2, 0) is 6.42 Å². The maximum atomic E-state index is 8.55. The predicted molar refractivity (Wildman–Crippen MR) is 115 cm³/mol. The van der Waals surface area contributed by atoms with Crippen molar-refractivity contribution >= 4 is 40.8 Å². The van der Waals surface area contributed by atoms with E-state index >= 15 is 0 Å². The highest BCUT2D eigenvalue weighted by Crippen LogP contribution is 2.27. The van der Waals surface area contributed by atoms with Crippen molar-refractivity contribution in [1.29, 1.82) is 5.41 Å². The van der Waals surface area contributed by atoms with Crippen molar-refractivity contribution in [2.75, 3.05) is 23.9 Å². The highest BCUT2D eigenvalue weighted by Gasteiger charge is 2.17. The van der Waals surface area contributed by atoms with Gasteiger partial charge in [0.05, 0.1) is 15.7 Å². The molecule has 0 aliphatic carbocycles. The molecule has 6 nitrogen and oxygen atoms in total. The fraction of sp³-hybridized carbons (Fsp3) is 0.200. The molecule has 0 fully saturated rings. The summed E-state index contributed by atoms with van der Waals surface area (Å²) in [5, 5.41) is 9.46. The Bertz CT molecular complexity index is 993. The Balaban J connectivity index is 1.83. The van der Waals surface area contributed by atoms with E-state index in [1.54, 1.807) is 42.2 Å². The Kier molecular flexibility index (Phi) is 6.11. The second kappa shape index (κ2) is 8.54. The molecular formula is C20H20Cl2N6. The van der Waals surface area contributed by atoms with E-state index in [1.165, 1.54) is 0 Å². The van der Waals surface area contributed by atoms with Gasteiger partial charge in [-0.1, -0.05) is 29.3 Å². The van der Waals surface area contributed by atoms with Crippen LogP contribution in [0.15, 0.2) is 48.8 Å². The molecule has 0 atom stereocenters.